The molecule has 0 amide bonds. The van der Waals surface area contributed by atoms with Gasteiger partial charge >= 0.3 is 0 Å². The number of hydrogen-bond donors (Lipinski definition) is 5. The Kier molecular flexibility index (Phi) is 10.5. The van der Waals surface area contributed by atoms with Gasteiger partial charge < -0.3 is 11.5 Å². The van der Waals surface area contributed by atoms with Crippen LogP contribution in [0, 0.1) is 0 Å². The van der Waals surface area contributed by atoms with Crippen LogP contribution in [-0.4, -0.2) is 22.4 Å². The van der Waals surface area contributed by atoms with Gasteiger partial charge in [0.05, 0.1) is 4.87 Å². The van der Waals surface area contributed by atoms with Gasteiger partial charge in [0.2, 0.25) is 0 Å². The average molecular weight is 283 g/mol. The predicted molar refractivity (Wildman–Crippen MR) is 83.9 cm³/mol. The molecule has 0 radical (unpaired) electrons. The Labute approximate surface area is 117 Å². The largest absolute Gasteiger partial charge is 0.328 e. The summed E-state index contributed by atoms with van der Waals surface area (Å²) < 4.78 is 0. The van der Waals surface area contributed by atoms with E-state index in [1.807, 2.05) is 0 Å². The third-order valence-electron chi connectivity index (χ3n) is 2.64. The number of unbranched alkanes of at least 4 members (excludes halogenated alkanes) is 4. The third-order valence-corrected chi connectivity index (χ3v) is 3.76. The van der Waals surface area contributed by atoms with Crippen molar-refractivity contribution in [2.45, 2.75) is 55.1 Å². The Morgan fingerprint density at radius 2 is 1.62 bits per heavy atom. The van der Waals surface area contributed by atoms with Crippen LogP contribution in [0.4, 0.5) is 0 Å². The van der Waals surface area contributed by atoms with Gasteiger partial charge in [-0.3, -0.25) is 0 Å². The molecule has 0 fully saturated rings. The molecule has 98 valence electrons. The van der Waals surface area contributed by atoms with Gasteiger partial charge in [-0.15, -0.1) is 0 Å². The molecule has 0 aliphatic carbocycles. The molecule has 0 aromatic heterocycles. The molecule has 0 saturated heterocycles. The van der Waals surface area contributed by atoms with Gasteiger partial charge in [-0.2, -0.15) is 37.9 Å². The van der Waals surface area contributed by atoms with E-state index in [1.54, 1.807) is 0 Å². The molecule has 0 bridgehead atoms. The first-order valence-corrected chi connectivity index (χ1v) is 7.61. The van der Waals surface area contributed by atoms with Crippen LogP contribution in [0.25, 0.3) is 0 Å². The maximum absolute atomic E-state index is 5.87. The van der Waals surface area contributed by atoms with Crippen molar-refractivity contribution in [2.24, 2.45) is 11.5 Å². The summed E-state index contributed by atoms with van der Waals surface area (Å²) in [5, 5.41) is 0.316. The summed E-state index contributed by atoms with van der Waals surface area (Å²) >= 11 is 13.0. The summed E-state index contributed by atoms with van der Waals surface area (Å²) in [7, 11) is 0. The van der Waals surface area contributed by atoms with Crippen LogP contribution in [-0.2, 0) is 0 Å². The molecular weight excluding hydrogens is 256 g/mol. The minimum atomic E-state index is -0.557. The second-order valence-corrected chi connectivity index (χ2v) is 6.51. The highest BCUT2D eigenvalue weighted by Gasteiger charge is 2.20. The Balaban J connectivity index is 3.40. The number of rotatable bonds is 10. The molecule has 0 saturated carbocycles. The molecule has 0 spiro atoms. The first kappa shape index (κ1) is 17.0. The summed E-state index contributed by atoms with van der Waals surface area (Å²) in [6.45, 7) is 0.398. The standard InChI is InChI=1S/C11H26N2S3/c12-9-11(13,16)8-10(15)6-4-2-1-3-5-7-14/h10,14-16H,1-9,12-13H2. The zero-order chi connectivity index (χ0) is 12.4. The first-order valence-electron chi connectivity index (χ1n) is 6.02. The van der Waals surface area contributed by atoms with Gasteiger partial charge in [-0.25, -0.2) is 0 Å². The molecule has 0 heterocycles. The lowest BCUT2D eigenvalue weighted by molar-refractivity contribution is 0.521. The van der Waals surface area contributed by atoms with Crippen molar-refractivity contribution in [2.75, 3.05) is 12.3 Å². The van der Waals surface area contributed by atoms with Crippen molar-refractivity contribution in [1.82, 2.24) is 0 Å². The van der Waals surface area contributed by atoms with Gasteiger partial charge in [-0.05, 0) is 25.0 Å². The second-order valence-electron chi connectivity index (χ2n) is 4.45. The van der Waals surface area contributed by atoms with E-state index in [1.165, 1.54) is 32.1 Å². The van der Waals surface area contributed by atoms with Gasteiger partial charge in [0.15, 0.2) is 0 Å². The lowest BCUT2D eigenvalue weighted by Gasteiger charge is -2.24. The van der Waals surface area contributed by atoms with Crippen LogP contribution in [0.3, 0.4) is 0 Å². The second kappa shape index (κ2) is 9.95. The van der Waals surface area contributed by atoms with Crippen LogP contribution < -0.4 is 11.5 Å². The molecule has 2 unspecified atom stereocenters. The molecular formula is C11H26N2S3. The SMILES string of the molecule is NCC(N)(S)CC(S)CCCCCCCS. The van der Waals surface area contributed by atoms with E-state index in [0.29, 0.717) is 11.8 Å². The van der Waals surface area contributed by atoms with Crippen LogP contribution in [0.1, 0.15) is 44.9 Å². The highest BCUT2D eigenvalue weighted by molar-refractivity contribution is 7.82. The molecule has 5 heteroatoms. The van der Waals surface area contributed by atoms with Gasteiger partial charge in [0.1, 0.15) is 0 Å². The van der Waals surface area contributed by atoms with Crippen molar-refractivity contribution in [3.63, 3.8) is 0 Å². The minimum Gasteiger partial charge on any atom is -0.328 e. The minimum absolute atomic E-state index is 0.316. The fourth-order valence-corrected chi connectivity index (χ4v) is 2.71. The predicted octanol–water partition coefficient (Wildman–Crippen LogP) is 2.49. The normalized spacial score (nSPS) is 17.1. The van der Waals surface area contributed by atoms with Crippen LogP contribution >= 0.6 is 37.9 Å². The van der Waals surface area contributed by atoms with Crippen molar-refractivity contribution in [3.05, 3.63) is 0 Å². The number of hydrogen-bond acceptors (Lipinski definition) is 5. The maximum atomic E-state index is 5.87. The zero-order valence-corrected chi connectivity index (χ0v) is 12.6. The summed E-state index contributed by atoms with van der Waals surface area (Å²) in [5.74, 6) is 1.00. The van der Waals surface area contributed by atoms with E-state index in [0.717, 1.165) is 18.6 Å². The quantitative estimate of drug-likeness (QED) is 0.243. The fraction of sp³-hybridized carbons (Fsp3) is 1.00. The Hall–Kier alpha value is 0.970. The molecule has 4 N–H and O–H groups in total. The van der Waals surface area contributed by atoms with Gasteiger partial charge in [-0.1, -0.05) is 25.7 Å². The van der Waals surface area contributed by atoms with E-state index in [-0.39, 0.29) is 0 Å². The Bertz CT molecular complexity index is 165. The molecule has 0 aliphatic heterocycles. The number of thiol groups is 3. The van der Waals surface area contributed by atoms with Gasteiger partial charge in [0.25, 0.3) is 0 Å². The van der Waals surface area contributed by atoms with E-state index in [9.17, 15) is 0 Å². The molecule has 0 aliphatic rings. The summed E-state index contributed by atoms with van der Waals surface area (Å²) in [5.41, 5.74) is 11.4. The van der Waals surface area contributed by atoms with Crippen molar-refractivity contribution < 1.29 is 0 Å². The summed E-state index contributed by atoms with van der Waals surface area (Å²) in [6, 6.07) is 0. The zero-order valence-electron chi connectivity index (χ0n) is 9.94. The van der Waals surface area contributed by atoms with E-state index in [4.69, 9.17) is 11.5 Å². The van der Waals surface area contributed by atoms with Crippen LogP contribution in [0.2, 0.25) is 0 Å². The molecule has 16 heavy (non-hydrogen) atoms. The molecule has 0 aromatic rings. The highest BCUT2D eigenvalue weighted by Crippen LogP contribution is 2.21. The van der Waals surface area contributed by atoms with Crippen LogP contribution in [0.5, 0.6) is 0 Å². The molecule has 2 nitrogen and oxygen atoms in total. The van der Waals surface area contributed by atoms with E-state index < -0.39 is 4.87 Å². The average Bonchev–Trinajstić information content (AvgIpc) is 2.22. The van der Waals surface area contributed by atoms with E-state index >= 15 is 0 Å². The third kappa shape index (κ3) is 10.1. The smallest absolute Gasteiger partial charge is 0.0725 e. The number of nitrogens with two attached hydrogens (primary N) is 2. The van der Waals surface area contributed by atoms with E-state index in [2.05, 4.69) is 37.9 Å². The van der Waals surface area contributed by atoms with Crippen molar-refractivity contribution in [1.29, 1.82) is 0 Å². The molecule has 2 atom stereocenters. The lowest BCUT2D eigenvalue weighted by Crippen LogP contribution is -2.43. The fourth-order valence-electron chi connectivity index (χ4n) is 1.62. The summed E-state index contributed by atoms with van der Waals surface area (Å²) in [4.78, 5) is -0.557. The monoisotopic (exact) mass is 282 g/mol. The van der Waals surface area contributed by atoms with Crippen LogP contribution in [0.15, 0.2) is 0 Å². The first-order chi connectivity index (χ1) is 7.52. The Morgan fingerprint density at radius 1 is 1.06 bits per heavy atom. The lowest BCUT2D eigenvalue weighted by atomic mass is 10.0. The van der Waals surface area contributed by atoms with Gasteiger partial charge in [0, 0.05) is 11.8 Å². The topological polar surface area (TPSA) is 52.0 Å². The van der Waals surface area contributed by atoms with Crippen molar-refractivity contribution in [3.8, 4) is 0 Å². The highest BCUT2D eigenvalue weighted by atomic mass is 32.1. The maximum Gasteiger partial charge on any atom is 0.0725 e. The molecule has 0 aromatic carbocycles. The summed E-state index contributed by atoms with van der Waals surface area (Å²) in [6.07, 6.45) is 8.18. The Morgan fingerprint density at radius 3 is 2.19 bits per heavy atom. The molecule has 0 rings (SSSR count). The van der Waals surface area contributed by atoms with Crippen molar-refractivity contribution >= 4 is 37.9 Å².